The zero-order valence-corrected chi connectivity index (χ0v) is 12.1. The highest BCUT2D eigenvalue weighted by Crippen LogP contribution is 2.22. The summed E-state index contributed by atoms with van der Waals surface area (Å²) in [6.07, 6.45) is 0. The Morgan fingerprint density at radius 1 is 1.09 bits per heavy atom. The number of halogens is 3. The van der Waals surface area contributed by atoms with Gasteiger partial charge in [-0.25, -0.2) is 8.78 Å². The molecule has 0 bridgehead atoms. The van der Waals surface area contributed by atoms with Gasteiger partial charge in [0.15, 0.2) is 11.6 Å². The number of aliphatic hydroxyl groups is 1. The second kappa shape index (κ2) is 7.20. The van der Waals surface area contributed by atoms with E-state index < -0.39 is 17.5 Å². The van der Waals surface area contributed by atoms with Crippen LogP contribution in [-0.2, 0) is 0 Å². The summed E-state index contributed by atoms with van der Waals surface area (Å²) >= 11 is 5.74. The Balaban J connectivity index is 2.10. The third-order valence-electron chi connectivity index (χ3n) is 2.84. The van der Waals surface area contributed by atoms with E-state index in [-0.39, 0.29) is 17.2 Å². The highest BCUT2D eigenvalue weighted by Gasteiger charge is 2.15. The number of anilines is 2. The predicted octanol–water partition coefficient (Wildman–Crippen LogP) is 3.27. The molecule has 0 saturated heterocycles. The van der Waals surface area contributed by atoms with E-state index in [4.69, 9.17) is 16.7 Å². The average Bonchev–Trinajstić information content (AvgIpc) is 2.50. The van der Waals surface area contributed by atoms with Crippen LogP contribution in [0.1, 0.15) is 10.4 Å². The van der Waals surface area contributed by atoms with E-state index in [9.17, 15) is 13.6 Å². The van der Waals surface area contributed by atoms with Gasteiger partial charge in [0, 0.05) is 17.9 Å². The van der Waals surface area contributed by atoms with Crippen LogP contribution in [0.15, 0.2) is 36.4 Å². The van der Waals surface area contributed by atoms with Crippen molar-refractivity contribution in [3.8, 4) is 0 Å². The number of benzene rings is 2. The van der Waals surface area contributed by atoms with Crippen LogP contribution < -0.4 is 10.6 Å². The number of rotatable bonds is 5. The summed E-state index contributed by atoms with van der Waals surface area (Å²) in [7, 11) is 0. The summed E-state index contributed by atoms with van der Waals surface area (Å²) in [6.45, 7) is 0.420. The summed E-state index contributed by atoms with van der Waals surface area (Å²) < 4.78 is 26.2. The minimum atomic E-state index is -1.14. The molecule has 2 rings (SSSR count). The van der Waals surface area contributed by atoms with Crippen LogP contribution in [0.3, 0.4) is 0 Å². The van der Waals surface area contributed by atoms with Crippen molar-refractivity contribution in [2.75, 3.05) is 23.8 Å². The molecule has 0 fully saturated rings. The van der Waals surface area contributed by atoms with Crippen LogP contribution in [0.25, 0.3) is 0 Å². The van der Waals surface area contributed by atoms with Gasteiger partial charge in [0.05, 0.1) is 17.2 Å². The molecule has 0 atom stereocenters. The Hall–Kier alpha value is -2.18. The lowest BCUT2D eigenvalue weighted by Crippen LogP contribution is -2.13. The number of carbonyl (C=O) groups excluding carboxylic acids is 1. The molecule has 0 aliphatic carbocycles. The van der Waals surface area contributed by atoms with E-state index in [1.54, 1.807) is 24.3 Å². The van der Waals surface area contributed by atoms with Crippen LogP contribution in [0.4, 0.5) is 20.2 Å². The second-order valence-electron chi connectivity index (χ2n) is 4.43. The maximum Gasteiger partial charge on any atom is 0.257 e. The lowest BCUT2D eigenvalue weighted by Gasteiger charge is -2.09. The standard InChI is InChI=1S/C15H13ClF2N2O2/c16-12-8-14(18)13(17)7-11(12)15(22)20-10-3-1-9(2-4-10)19-5-6-21/h1-4,7-8,19,21H,5-6H2,(H,20,22). The maximum atomic E-state index is 13.2. The van der Waals surface area contributed by atoms with Gasteiger partial charge in [0.2, 0.25) is 0 Å². The van der Waals surface area contributed by atoms with Crippen LogP contribution in [0, 0.1) is 11.6 Å². The van der Waals surface area contributed by atoms with Gasteiger partial charge in [-0.1, -0.05) is 11.6 Å². The summed E-state index contributed by atoms with van der Waals surface area (Å²) in [4.78, 5) is 12.0. The number of carbonyl (C=O) groups is 1. The molecule has 2 aromatic carbocycles. The third-order valence-corrected chi connectivity index (χ3v) is 3.15. The first-order valence-electron chi connectivity index (χ1n) is 6.42. The van der Waals surface area contributed by atoms with Gasteiger partial charge in [0.1, 0.15) is 0 Å². The quantitative estimate of drug-likeness (QED) is 0.739. The number of nitrogens with one attached hydrogen (secondary N) is 2. The maximum absolute atomic E-state index is 13.2. The number of amides is 1. The van der Waals surface area contributed by atoms with Gasteiger partial charge in [0.25, 0.3) is 5.91 Å². The molecule has 0 aliphatic heterocycles. The Morgan fingerprint density at radius 2 is 1.68 bits per heavy atom. The smallest absolute Gasteiger partial charge is 0.257 e. The van der Waals surface area contributed by atoms with Crippen molar-refractivity contribution < 1.29 is 18.7 Å². The molecule has 0 aliphatic rings. The Kier molecular flexibility index (Phi) is 5.30. The first-order valence-corrected chi connectivity index (χ1v) is 6.79. The molecule has 0 radical (unpaired) electrons. The molecule has 0 aromatic heterocycles. The van der Waals surface area contributed by atoms with Crippen molar-refractivity contribution in [1.82, 2.24) is 0 Å². The highest BCUT2D eigenvalue weighted by molar-refractivity contribution is 6.34. The van der Waals surface area contributed by atoms with Crippen molar-refractivity contribution in [3.63, 3.8) is 0 Å². The molecule has 7 heteroatoms. The average molecular weight is 327 g/mol. The molecule has 0 saturated carbocycles. The summed E-state index contributed by atoms with van der Waals surface area (Å²) in [5, 5.41) is 14.0. The molecule has 2 aromatic rings. The summed E-state index contributed by atoms with van der Waals surface area (Å²) in [5.74, 6) is -2.89. The Bertz CT molecular complexity index is 678. The van der Waals surface area contributed by atoms with E-state index in [0.717, 1.165) is 17.8 Å². The van der Waals surface area contributed by atoms with E-state index in [1.807, 2.05) is 0 Å². The molecule has 0 unspecified atom stereocenters. The predicted molar refractivity (Wildman–Crippen MR) is 81.3 cm³/mol. The highest BCUT2D eigenvalue weighted by atomic mass is 35.5. The van der Waals surface area contributed by atoms with Gasteiger partial charge in [-0.3, -0.25) is 4.79 Å². The van der Waals surface area contributed by atoms with E-state index in [2.05, 4.69) is 10.6 Å². The van der Waals surface area contributed by atoms with Crippen molar-refractivity contribution in [2.24, 2.45) is 0 Å². The number of hydrogen-bond acceptors (Lipinski definition) is 3. The molecule has 4 nitrogen and oxygen atoms in total. The molecule has 3 N–H and O–H groups in total. The minimum absolute atomic E-state index is 0.00706. The van der Waals surface area contributed by atoms with Crippen LogP contribution in [-0.4, -0.2) is 24.2 Å². The molecule has 116 valence electrons. The van der Waals surface area contributed by atoms with Crippen molar-refractivity contribution >= 4 is 28.9 Å². The topological polar surface area (TPSA) is 61.4 Å². The largest absolute Gasteiger partial charge is 0.395 e. The van der Waals surface area contributed by atoms with E-state index >= 15 is 0 Å². The Labute approximate surface area is 130 Å². The van der Waals surface area contributed by atoms with E-state index in [1.165, 1.54) is 0 Å². The molecule has 22 heavy (non-hydrogen) atoms. The second-order valence-corrected chi connectivity index (χ2v) is 4.84. The zero-order valence-electron chi connectivity index (χ0n) is 11.4. The van der Waals surface area contributed by atoms with E-state index in [0.29, 0.717) is 12.2 Å². The first-order chi connectivity index (χ1) is 10.5. The van der Waals surface area contributed by atoms with Gasteiger partial charge >= 0.3 is 0 Å². The van der Waals surface area contributed by atoms with Crippen molar-refractivity contribution in [3.05, 3.63) is 58.6 Å². The SMILES string of the molecule is O=C(Nc1ccc(NCCO)cc1)c1cc(F)c(F)cc1Cl. The summed E-state index contributed by atoms with van der Waals surface area (Å²) in [6, 6.07) is 8.19. The van der Waals surface area contributed by atoms with Gasteiger partial charge < -0.3 is 15.7 Å². The van der Waals surface area contributed by atoms with Gasteiger partial charge in [-0.15, -0.1) is 0 Å². The fourth-order valence-corrected chi connectivity index (χ4v) is 2.00. The number of hydrogen-bond donors (Lipinski definition) is 3. The normalized spacial score (nSPS) is 10.4. The zero-order chi connectivity index (χ0) is 16.1. The summed E-state index contributed by atoms with van der Waals surface area (Å²) in [5.41, 5.74) is 1.10. The Morgan fingerprint density at radius 3 is 2.32 bits per heavy atom. The third kappa shape index (κ3) is 3.93. The first kappa shape index (κ1) is 16.2. The van der Waals surface area contributed by atoms with Gasteiger partial charge in [-0.2, -0.15) is 0 Å². The van der Waals surface area contributed by atoms with Crippen molar-refractivity contribution in [1.29, 1.82) is 0 Å². The molecule has 0 spiro atoms. The van der Waals surface area contributed by atoms with Gasteiger partial charge in [-0.05, 0) is 36.4 Å². The molecule has 1 amide bonds. The molecule has 0 heterocycles. The van der Waals surface area contributed by atoms with Crippen molar-refractivity contribution in [2.45, 2.75) is 0 Å². The fourth-order valence-electron chi connectivity index (χ4n) is 1.77. The van der Waals surface area contributed by atoms with Crippen LogP contribution >= 0.6 is 11.6 Å². The van der Waals surface area contributed by atoms with Crippen LogP contribution in [0.2, 0.25) is 5.02 Å². The van der Waals surface area contributed by atoms with Crippen LogP contribution in [0.5, 0.6) is 0 Å². The molecular weight excluding hydrogens is 314 g/mol. The lowest BCUT2D eigenvalue weighted by molar-refractivity contribution is 0.102. The monoisotopic (exact) mass is 326 g/mol. The minimum Gasteiger partial charge on any atom is -0.395 e. The lowest BCUT2D eigenvalue weighted by atomic mass is 10.2. The fraction of sp³-hybridized carbons (Fsp3) is 0.133. The molecular formula is C15H13ClF2N2O2. The number of aliphatic hydroxyl groups excluding tert-OH is 1.